The van der Waals surface area contributed by atoms with Crippen molar-refractivity contribution in [2.45, 2.75) is 12.8 Å². The average molecular weight is 378 g/mol. The summed E-state index contributed by atoms with van der Waals surface area (Å²) < 4.78 is 5.75. The number of fused-ring (bicyclic) bond motifs is 1. The van der Waals surface area contributed by atoms with E-state index in [1.54, 1.807) is 12.3 Å². The van der Waals surface area contributed by atoms with Crippen LogP contribution in [0.5, 0.6) is 5.75 Å². The van der Waals surface area contributed by atoms with Crippen LogP contribution >= 0.6 is 23.2 Å². The topological polar surface area (TPSA) is 46.2 Å². The van der Waals surface area contributed by atoms with Crippen LogP contribution in [0.25, 0.3) is 6.08 Å². The van der Waals surface area contributed by atoms with Crippen molar-refractivity contribution in [3.63, 3.8) is 0 Å². The monoisotopic (exact) mass is 377 g/mol. The Morgan fingerprint density at radius 3 is 2.84 bits per heavy atom. The fraction of sp³-hybridized carbons (Fsp3) is 0.316. The molecule has 1 aromatic heterocycles. The molecule has 2 N–H and O–H groups in total. The molecule has 0 radical (unpaired) electrons. The van der Waals surface area contributed by atoms with Gasteiger partial charge < -0.3 is 15.4 Å². The number of halogens is 2. The highest BCUT2D eigenvalue weighted by Gasteiger charge is 2.15. The second-order valence-electron chi connectivity index (χ2n) is 5.92. The minimum absolute atomic E-state index is 0.558. The maximum atomic E-state index is 6.15. The van der Waals surface area contributed by atoms with Crippen molar-refractivity contribution in [3.05, 3.63) is 57.7 Å². The third-order valence-corrected chi connectivity index (χ3v) is 4.40. The van der Waals surface area contributed by atoms with Gasteiger partial charge in [0.15, 0.2) is 0 Å². The van der Waals surface area contributed by atoms with Gasteiger partial charge >= 0.3 is 0 Å². The van der Waals surface area contributed by atoms with E-state index in [0.717, 1.165) is 49.6 Å². The largest absolute Gasteiger partial charge is 0.487 e. The average Bonchev–Trinajstić information content (AvgIpc) is 2.61. The Labute approximate surface area is 158 Å². The molecular formula is C19H21Cl2N3O. The van der Waals surface area contributed by atoms with Gasteiger partial charge in [0.1, 0.15) is 18.2 Å². The summed E-state index contributed by atoms with van der Waals surface area (Å²) >= 11 is 12.2. The zero-order valence-corrected chi connectivity index (χ0v) is 15.4. The van der Waals surface area contributed by atoms with Crippen molar-refractivity contribution in [3.8, 4) is 5.75 Å². The molecule has 2 heterocycles. The highest BCUT2D eigenvalue weighted by atomic mass is 35.5. The summed E-state index contributed by atoms with van der Waals surface area (Å²) in [6.07, 6.45) is 6.09. The number of nitrogens with zero attached hydrogens (tertiary/aromatic N) is 1. The summed E-state index contributed by atoms with van der Waals surface area (Å²) in [4.78, 5) is 4.24. The minimum Gasteiger partial charge on any atom is -0.487 e. The zero-order valence-electron chi connectivity index (χ0n) is 13.9. The Bertz CT molecular complexity index is 735. The second-order valence-corrected chi connectivity index (χ2v) is 6.77. The second kappa shape index (κ2) is 9.09. The molecule has 0 saturated heterocycles. The standard InChI is InChI=1S/C19H21Cl2N3O/c20-16-10-15-9-14(13-25-19(15)17(21)11-16)12-22-6-3-4-8-24-18-5-1-2-7-23-18/h1-2,5,7,9-11,22H,3-4,6,8,12-13H2,(H,23,24). The summed E-state index contributed by atoms with van der Waals surface area (Å²) in [7, 11) is 0. The van der Waals surface area contributed by atoms with E-state index in [4.69, 9.17) is 27.9 Å². The predicted octanol–water partition coefficient (Wildman–Crippen LogP) is 4.65. The molecule has 0 unspecified atom stereocenters. The number of hydrogen-bond donors (Lipinski definition) is 2. The van der Waals surface area contributed by atoms with Crippen LogP contribution in [0.3, 0.4) is 0 Å². The highest BCUT2D eigenvalue weighted by Crippen LogP contribution is 2.36. The Balaban J connectivity index is 1.36. The zero-order chi connectivity index (χ0) is 17.5. The van der Waals surface area contributed by atoms with E-state index in [1.165, 1.54) is 5.57 Å². The molecule has 2 aromatic rings. The first kappa shape index (κ1) is 18.1. The molecule has 0 atom stereocenters. The third-order valence-electron chi connectivity index (χ3n) is 3.90. The van der Waals surface area contributed by atoms with Crippen LogP contribution in [0, 0.1) is 0 Å². The molecular weight excluding hydrogens is 357 g/mol. The van der Waals surface area contributed by atoms with Gasteiger partial charge in [-0.1, -0.05) is 29.3 Å². The molecule has 3 rings (SSSR count). The molecule has 1 aliphatic heterocycles. The van der Waals surface area contributed by atoms with Crippen LogP contribution in [-0.2, 0) is 0 Å². The van der Waals surface area contributed by atoms with Gasteiger partial charge in [-0.25, -0.2) is 4.98 Å². The summed E-state index contributed by atoms with van der Waals surface area (Å²) in [6, 6.07) is 9.46. The lowest BCUT2D eigenvalue weighted by Crippen LogP contribution is -2.23. The number of anilines is 1. The van der Waals surface area contributed by atoms with Crippen molar-refractivity contribution < 1.29 is 4.74 Å². The first-order valence-corrected chi connectivity index (χ1v) is 9.15. The number of aromatic nitrogens is 1. The Hall–Kier alpha value is -1.75. The number of rotatable bonds is 8. The van der Waals surface area contributed by atoms with Crippen molar-refractivity contribution in [1.29, 1.82) is 0 Å². The number of ether oxygens (including phenoxy) is 1. The smallest absolute Gasteiger partial charge is 0.145 e. The van der Waals surface area contributed by atoms with Crippen molar-refractivity contribution in [2.24, 2.45) is 0 Å². The van der Waals surface area contributed by atoms with E-state index in [1.807, 2.05) is 24.3 Å². The van der Waals surface area contributed by atoms with Crippen LogP contribution in [-0.4, -0.2) is 31.2 Å². The van der Waals surface area contributed by atoms with Gasteiger partial charge in [-0.2, -0.15) is 0 Å². The highest BCUT2D eigenvalue weighted by molar-refractivity contribution is 6.36. The maximum Gasteiger partial charge on any atom is 0.145 e. The van der Waals surface area contributed by atoms with Gasteiger partial charge in [0.05, 0.1) is 5.02 Å². The Morgan fingerprint density at radius 1 is 1.12 bits per heavy atom. The first-order valence-electron chi connectivity index (χ1n) is 8.39. The summed E-state index contributed by atoms with van der Waals surface area (Å²) in [5, 5.41) is 7.95. The molecule has 0 aliphatic carbocycles. The van der Waals surface area contributed by atoms with Crippen LogP contribution in [0.2, 0.25) is 10.0 Å². The fourth-order valence-corrected chi connectivity index (χ4v) is 3.24. The number of benzene rings is 1. The number of nitrogens with one attached hydrogen (secondary N) is 2. The van der Waals surface area contributed by atoms with E-state index in [2.05, 4.69) is 21.7 Å². The normalized spacial score (nSPS) is 13.0. The predicted molar refractivity (Wildman–Crippen MR) is 105 cm³/mol. The maximum absolute atomic E-state index is 6.15. The molecule has 0 bridgehead atoms. The third kappa shape index (κ3) is 5.36. The van der Waals surface area contributed by atoms with Crippen molar-refractivity contribution >= 4 is 35.1 Å². The molecule has 0 saturated carbocycles. The van der Waals surface area contributed by atoms with Gasteiger partial charge in [-0.05, 0) is 55.3 Å². The van der Waals surface area contributed by atoms with Gasteiger partial charge in [0.25, 0.3) is 0 Å². The van der Waals surface area contributed by atoms with Crippen LogP contribution in [0.15, 0.2) is 42.1 Å². The molecule has 6 heteroatoms. The van der Waals surface area contributed by atoms with E-state index >= 15 is 0 Å². The first-order chi connectivity index (χ1) is 12.2. The Morgan fingerprint density at radius 2 is 2.00 bits per heavy atom. The van der Waals surface area contributed by atoms with E-state index < -0.39 is 0 Å². The quantitative estimate of drug-likeness (QED) is 0.657. The van der Waals surface area contributed by atoms with Crippen LogP contribution < -0.4 is 15.4 Å². The summed E-state index contributed by atoms with van der Waals surface area (Å²) in [6.45, 7) is 3.25. The molecule has 0 spiro atoms. The van der Waals surface area contributed by atoms with Crippen molar-refractivity contribution in [1.82, 2.24) is 10.3 Å². The number of hydrogen-bond acceptors (Lipinski definition) is 4. The lowest BCUT2D eigenvalue weighted by atomic mass is 10.1. The van der Waals surface area contributed by atoms with Gasteiger partial charge in [0.2, 0.25) is 0 Å². The minimum atomic E-state index is 0.558. The SMILES string of the molecule is Clc1cc(Cl)c2c(c1)C=C(CNCCCCNc1ccccn1)CO2. The van der Waals surface area contributed by atoms with Gasteiger partial charge in [-0.3, -0.25) is 0 Å². The molecule has 1 aromatic carbocycles. The lowest BCUT2D eigenvalue weighted by Gasteiger charge is -2.19. The molecule has 0 amide bonds. The summed E-state index contributed by atoms with van der Waals surface area (Å²) in [5.74, 6) is 1.64. The van der Waals surface area contributed by atoms with E-state index in [-0.39, 0.29) is 0 Å². The Kier molecular flexibility index (Phi) is 6.56. The van der Waals surface area contributed by atoms with E-state index in [9.17, 15) is 0 Å². The van der Waals surface area contributed by atoms with Crippen LogP contribution in [0.4, 0.5) is 5.82 Å². The molecule has 0 fully saturated rings. The van der Waals surface area contributed by atoms with Crippen molar-refractivity contribution in [2.75, 3.05) is 31.6 Å². The fourth-order valence-electron chi connectivity index (χ4n) is 2.68. The van der Waals surface area contributed by atoms with Gasteiger partial charge in [0, 0.05) is 29.9 Å². The van der Waals surface area contributed by atoms with Crippen LogP contribution in [0.1, 0.15) is 18.4 Å². The molecule has 4 nitrogen and oxygen atoms in total. The lowest BCUT2D eigenvalue weighted by molar-refractivity contribution is 0.343. The molecule has 25 heavy (non-hydrogen) atoms. The number of unbranched alkanes of at least 4 members (excludes halogenated alkanes) is 1. The molecule has 1 aliphatic rings. The molecule has 132 valence electrons. The van der Waals surface area contributed by atoms with E-state index in [0.29, 0.717) is 16.7 Å². The summed E-state index contributed by atoms with van der Waals surface area (Å²) in [5.41, 5.74) is 2.14. The number of pyridine rings is 1. The van der Waals surface area contributed by atoms with Gasteiger partial charge in [-0.15, -0.1) is 0 Å².